The van der Waals surface area contributed by atoms with Crippen molar-refractivity contribution in [2.75, 3.05) is 6.54 Å². The van der Waals surface area contributed by atoms with E-state index in [-0.39, 0.29) is 11.9 Å². The molecule has 0 rings (SSSR count). The van der Waals surface area contributed by atoms with Gasteiger partial charge in [0.05, 0.1) is 0 Å². The van der Waals surface area contributed by atoms with Crippen molar-refractivity contribution in [3.05, 3.63) is 0 Å². The zero-order valence-corrected chi connectivity index (χ0v) is 6.76. The van der Waals surface area contributed by atoms with Crippen molar-refractivity contribution in [3.63, 3.8) is 0 Å². The van der Waals surface area contributed by atoms with Crippen LogP contribution in [0.1, 0.15) is 19.8 Å². The third-order valence-corrected chi connectivity index (χ3v) is 1.39. The second-order valence-electron chi connectivity index (χ2n) is 2.34. The van der Waals surface area contributed by atoms with Crippen LogP contribution in [0.2, 0.25) is 0 Å². The molecule has 3 N–H and O–H groups in total. The fourth-order valence-corrected chi connectivity index (χ4v) is 0.824. The summed E-state index contributed by atoms with van der Waals surface area (Å²) in [6, 6.07) is 0.0311. The van der Waals surface area contributed by atoms with Crippen molar-refractivity contribution in [2.24, 2.45) is 5.73 Å². The highest BCUT2D eigenvalue weighted by molar-refractivity contribution is 5.92. The molecule has 0 aromatic carbocycles. The van der Waals surface area contributed by atoms with Gasteiger partial charge in [0.1, 0.15) is 0 Å². The lowest BCUT2D eigenvalue weighted by molar-refractivity contribution is -0.116. The highest BCUT2D eigenvalue weighted by Crippen LogP contribution is 1.93. The monoisotopic (exact) mass is 154 g/mol. The quantitative estimate of drug-likeness (QED) is 0.554. The summed E-state index contributed by atoms with van der Waals surface area (Å²) in [7, 11) is 0. The molecule has 0 saturated heterocycles. The van der Waals surface area contributed by atoms with E-state index >= 15 is 0 Å². The number of terminal acetylenes is 1. The molecule has 1 unspecified atom stereocenters. The molecule has 0 aliphatic carbocycles. The standard InChI is InChI=1S/C8H14N2O/c1-3-5-7(6-9)10-8(11)4-2/h2,7H,3,5-6,9H2,1H3,(H,10,11). The van der Waals surface area contributed by atoms with Gasteiger partial charge in [0, 0.05) is 12.6 Å². The first kappa shape index (κ1) is 9.99. The van der Waals surface area contributed by atoms with Crippen molar-refractivity contribution in [1.29, 1.82) is 0 Å². The first-order chi connectivity index (χ1) is 5.24. The third-order valence-electron chi connectivity index (χ3n) is 1.39. The number of hydrogen-bond donors (Lipinski definition) is 2. The summed E-state index contributed by atoms with van der Waals surface area (Å²) in [5, 5.41) is 2.62. The summed E-state index contributed by atoms with van der Waals surface area (Å²) in [6.07, 6.45) is 6.74. The predicted molar refractivity (Wildman–Crippen MR) is 44.7 cm³/mol. The van der Waals surface area contributed by atoms with Crippen molar-refractivity contribution < 1.29 is 4.79 Å². The van der Waals surface area contributed by atoms with Gasteiger partial charge in [-0.3, -0.25) is 4.79 Å². The fraction of sp³-hybridized carbons (Fsp3) is 0.625. The minimum absolute atomic E-state index is 0.0311. The Morgan fingerprint density at radius 3 is 2.82 bits per heavy atom. The Hall–Kier alpha value is -1.01. The van der Waals surface area contributed by atoms with Gasteiger partial charge < -0.3 is 11.1 Å². The Morgan fingerprint density at radius 1 is 1.82 bits per heavy atom. The van der Waals surface area contributed by atoms with Gasteiger partial charge in [0.25, 0.3) is 5.91 Å². The van der Waals surface area contributed by atoms with Crippen molar-refractivity contribution in [1.82, 2.24) is 5.32 Å². The lowest BCUT2D eigenvalue weighted by Crippen LogP contribution is -2.39. The van der Waals surface area contributed by atoms with E-state index in [1.807, 2.05) is 12.8 Å². The maximum absolute atomic E-state index is 10.7. The molecule has 0 heterocycles. The van der Waals surface area contributed by atoms with E-state index in [9.17, 15) is 4.79 Å². The Balaban J connectivity index is 3.70. The molecule has 0 aromatic heterocycles. The molecule has 1 atom stereocenters. The number of nitrogens with two attached hydrogens (primary N) is 1. The lowest BCUT2D eigenvalue weighted by atomic mass is 10.2. The molecule has 1 amide bonds. The highest BCUT2D eigenvalue weighted by Gasteiger charge is 2.06. The van der Waals surface area contributed by atoms with E-state index in [1.54, 1.807) is 0 Å². The van der Waals surface area contributed by atoms with Gasteiger partial charge in [-0.25, -0.2) is 0 Å². The zero-order chi connectivity index (χ0) is 8.69. The van der Waals surface area contributed by atoms with E-state index in [2.05, 4.69) is 5.32 Å². The Kier molecular flexibility index (Phi) is 5.22. The molecule has 62 valence electrons. The normalized spacial score (nSPS) is 11.7. The second kappa shape index (κ2) is 5.75. The summed E-state index contributed by atoms with van der Waals surface area (Å²) >= 11 is 0. The minimum atomic E-state index is -0.381. The molecular formula is C8H14N2O. The molecule has 3 nitrogen and oxygen atoms in total. The van der Waals surface area contributed by atoms with Crippen LogP contribution in [0.4, 0.5) is 0 Å². The van der Waals surface area contributed by atoms with Gasteiger partial charge in [0.15, 0.2) is 0 Å². The summed E-state index contributed by atoms with van der Waals surface area (Å²) < 4.78 is 0. The molecule has 0 aromatic rings. The Bertz CT molecular complexity index is 160. The summed E-state index contributed by atoms with van der Waals surface area (Å²) in [5.74, 6) is 1.60. The molecule has 0 saturated carbocycles. The topological polar surface area (TPSA) is 55.1 Å². The van der Waals surface area contributed by atoms with Crippen LogP contribution < -0.4 is 11.1 Å². The molecular weight excluding hydrogens is 140 g/mol. The maximum Gasteiger partial charge on any atom is 0.295 e. The van der Waals surface area contributed by atoms with Gasteiger partial charge in [-0.05, 0) is 12.3 Å². The van der Waals surface area contributed by atoms with Crippen LogP contribution in [0.3, 0.4) is 0 Å². The molecule has 0 fully saturated rings. The van der Waals surface area contributed by atoms with Gasteiger partial charge in [-0.1, -0.05) is 13.3 Å². The van der Waals surface area contributed by atoms with Gasteiger partial charge in [-0.15, -0.1) is 6.42 Å². The fourth-order valence-electron chi connectivity index (χ4n) is 0.824. The molecule has 0 aliphatic heterocycles. The van der Waals surface area contributed by atoms with Gasteiger partial charge in [0.2, 0.25) is 0 Å². The number of carbonyl (C=O) groups is 1. The zero-order valence-electron chi connectivity index (χ0n) is 6.76. The van der Waals surface area contributed by atoms with Crippen LogP contribution in [0, 0.1) is 12.3 Å². The predicted octanol–water partition coefficient (Wildman–Crippen LogP) is -0.137. The van der Waals surface area contributed by atoms with Crippen molar-refractivity contribution >= 4 is 5.91 Å². The van der Waals surface area contributed by atoms with Crippen LogP contribution in [-0.2, 0) is 4.79 Å². The Morgan fingerprint density at radius 2 is 2.45 bits per heavy atom. The van der Waals surface area contributed by atoms with Crippen molar-refractivity contribution in [2.45, 2.75) is 25.8 Å². The van der Waals surface area contributed by atoms with Crippen LogP contribution >= 0.6 is 0 Å². The largest absolute Gasteiger partial charge is 0.341 e. The average Bonchev–Trinajstić information content (AvgIpc) is 2.03. The Labute approximate surface area is 67.3 Å². The average molecular weight is 154 g/mol. The summed E-state index contributed by atoms with van der Waals surface area (Å²) in [4.78, 5) is 10.7. The number of carbonyl (C=O) groups excluding carboxylic acids is 1. The summed E-state index contributed by atoms with van der Waals surface area (Å²) in [6.45, 7) is 2.48. The molecule has 0 aliphatic rings. The molecule has 0 radical (unpaired) electrons. The molecule has 0 bridgehead atoms. The number of amides is 1. The first-order valence-corrected chi connectivity index (χ1v) is 3.71. The highest BCUT2D eigenvalue weighted by atomic mass is 16.1. The maximum atomic E-state index is 10.7. The van der Waals surface area contributed by atoms with E-state index < -0.39 is 0 Å². The van der Waals surface area contributed by atoms with Crippen LogP contribution in [-0.4, -0.2) is 18.5 Å². The van der Waals surface area contributed by atoms with Gasteiger partial charge in [-0.2, -0.15) is 0 Å². The SMILES string of the molecule is C#CC(=O)NC(CN)CCC. The second-order valence-corrected chi connectivity index (χ2v) is 2.34. The van der Waals surface area contributed by atoms with Crippen LogP contribution in [0.5, 0.6) is 0 Å². The molecule has 0 spiro atoms. The van der Waals surface area contributed by atoms with Crippen LogP contribution in [0.15, 0.2) is 0 Å². The smallest absolute Gasteiger partial charge is 0.295 e. The molecule has 3 heteroatoms. The van der Waals surface area contributed by atoms with Crippen molar-refractivity contribution in [3.8, 4) is 12.3 Å². The molecule has 11 heavy (non-hydrogen) atoms. The number of nitrogens with one attached hydrogen (secondary N) is 1. The summed E-state index contributed by atoms with van der Waals surface area (Å²) in [5.41, 5.74) is 5.38. The first-order valence-electron chi connectivity index (χ1n) is 3.71. The van der Waals surface area contributed by atoms with E-state index in [0.717, 1.165) is 12.8 Å². The number of hydrogen-bond acceptors (Lipinski definition) is 2. The van der Waals surface area contributed by atoms with Crippen LogP contribution in [0.25, 0.3) is 0 Å². The third kappa shape index (κ3) is 4.40. The number of rotatable bonds is 4. The minimum Gasteiger partial charge on any atom is -0.341 e. The van der Waals surface area contributed by atoms with E-state index in [0.29, 0.717) is 6.54 Å². The van der Waals surface area contributed by atoms with E-state index in [1.165, 1.54) is 0 Å². The van der Waals surface area contributed by atoms with Gasteiger partial charge >= 0.3 is 0 Å². The lowest BCUT2D eigenvalue weighted by Gasteiger charge is -2.12. The van der Waals surface area contributed by atoms with E-state index in [4.69, 9.17) is 12.2 Å².